The molecule has 0 bridgehead atoms. The highest BCUT2D eigenvalue weighted by atomic mass is 16.1. The molecule has 0 aliphatic carbocycles. The number of H-pyrrole nitrogens is 1. The van der Waals surface area contributed by atoms with Crippen molar-refractivity contribution >= 4 is 22.5 Å². The van der Waals surface area contributed by atoms with E-state index in [9.17, 15) is 4.79 Å². The quantitative estimate of drug-likeness (QED) is 0.637. The van der Waals surface area contributed by atoms with E-state index in [0.29, 0.717) is 12.1 Å². The van der Waals surface area contributed by atoms with E-state index in [1.807, 2.05) is 54.7 Å². The summed E-state index contributed by atoms with van der Waals surface area (Å²) in [5.74, 6) is -0.0849. The van der Waals surface area contributed by atoms with Crippen LogP contribution in [-0.2, 0) is 6.54 Å². The van der Waals surface area contributed by atoms with Gasteiger partial charge in [0.05, 0.1) is 0 Å². The molecule has 4 heteroatoms. The normalized spacial score (nSPS) is 10.6. The summed E-state index contributed by atoms with van der Waals surface area (Å²) < 4.78 is 0. The van der Waals surface area contributed by atoms with Crippen LogP contribution in [0.25, 0.3) is 10.9 Å². The molecule has 0 saturated heterocycles. The molecule has 0 aliphatic rings. The molecule has 1 heterocycles. The van der Waals surface area contributed by atoms with Crippen LogP contribution in [-0.4, -0.2) is 10.9 Å². The molecular weight excluding hydrogens is 250 g/mol. The zero-order valence-electron chi connectivity index (χ0n) is 10.9. The first-order valence-electron chi connectivity index (χ1n) is 6.42. The van der Waals surface area contributed by atoms with Crippen LogP contribution in [0.5, 0.6) is 0 Å². The van der Waals surface area contributed by atoms with Gasteiger partial charge in [-0.25, -0.2) is 0 Å². The van der Waals surface area contributed by atoms with E-state index in [0.717, 1.165) is 22.2 Å². The second kappa shape index (κ2) is 5.09. The number of anilines is 1. The Kier molecular flexibility index (Phi) is 3.13. The number of carbonyl (C=O) groups is 1. The Morgan fingerprint density at radius 2 is 1.90 bits per heavy atom. The molecule has 3 aromatic rings. The monoisotopic (exact) mass is 265 g/mol. The van der Waals surface area contributed by atoms with E-state index in [2.05, 4.69) is 10.3 Å². The summed E-state index contributed by atoms with van der Waals surface area (Å²) in [6.45, 7) is 0.488. The summed E-state index contributed by atoms with van der Waals surface area (Å²) >= 11 is 0. The Balaban J connectivity index is 1.70. The predicted octanol–water partition coefficient (Wildman–Crippen LogP) is 2.68. The molecule has 4 nitrogen and oxygen atoms in total. The average Bonchev–Trinajstić information content (AvgIpc) is 2.93. The van der Waals surface area contributed by atoms with Gasteiger partial charge in [-0.05, 0) is 41.3 Å². The van der Waals surface area contributed by atoms with Crippen LogP contribution in [0.3, 0.4) is 0 Å². The maximum atomic E-state index is 12.1. The minimum Gasteiger partial charge on any atom is -0.399 e. The molecular formula is C16H15N3O. The Morgan fingerprint density at radius 3 is 2.70 bits per heavy atom. The Morgan fingerprint density at radius 1 is 1.10 bits per heavy atom. The van der Waals surface area contributed by atoms with Gasteiger partial charge in [0.15, 0.2) is 0 Å². The van der Waals surface area contributed by atoms with E-state index in [1.54, 1.807) is 0 Å². The largest absolute Gasteiger partial charge is 0.399 e. The summed E-state index contributed by atoms with van der Waals surface area (Å²) in [7, 11) is 0. The topological polar surface area (TPSA) is 70.9 Å². The van der Waals surface area contributed by atoms with Crippen LogP contribution in [0.2, 0.25) is 0 Å². The van der Waals surface area contributed by atoms with E-state index in [-0.39, 0.29) is 5.91 Å². The molecule has 20 heavy (non-hydrogen) atoms. The first-order valence-corrected chi connectivity index (χ1v) is 6.42. The highest BCUT2D eigenvalue weighted by Crippen LogP contribution is 2.14. The fraction of sp³-hybridized carbons (Fsp3) is 0.0625. The summed E-state index contributed by atoms with van der Waals surface area (Å²) in [5.41, 5.74) is 8.98. The molecule has 0 fully saturated rings. The van der Waals surface area contributed by atoms with Crippen molar-refractivity contribution in [3.8, 4) is 0 Å². The lowest BCUT2D eigenvalue weighted by Gasteiger charge is -2.06. The van der Waals surface area contributed by atoms with E-state index < -0.39 is 0 Å². The summed E-state index contributed by atoms with van der Waals surface area (Å²) in [6.07, 6.45) is 1.86. The number of nitrogen functional groups attached to an aromatic ring is 1. The number of aromatic nitrogens is 1. The number of hydrogen-bond acceptors (Lipinski definition) is 2. The third kappa shape index (κ3) is 2.49. The van der Waals surface area contributed by atoms with Crippen molar-refractivity contribution in [2.24, 2.45) is 0 Å². The molecule has 0 aliphatic heterocycles. The zero-order valence-corrected chi connectivity index (χ0v) is 10.9. The molecule has 100 valence electrons. The molecule has 0 spiro atoms. The van der Waals surface area contributed by atoms with Gasteiger partial charge in [-0.1, -0.05) is 18.2 Å². The average molecular weight is 265 g/mol. The smallest absolute Gasteiger partial charge is 0.251 e. The maximum absolute atomic E-state index is 12.1. The van der Waals surface area contributed by atoms with Crippen molar-refractivity contribution in [1.82, 2.24) is 10.3 Å². The van der Waals surface area contributed by atoms with Crippen LogP contribution in [0, 0.1) is 0 Å². The van der Waals surface area contributed by atoms with Gasteiger partial charge in [0.25, 0.3) is 5.91 Å². The Labute approximate surface area is 116 Å². The number of amides is 1. The van der Waals surface area contributed by atoms with Gasteiger partial charge in [0.1, 0.15) is 0 Å². The number of fused-ring (bicyclic) bond motifs is 1. The second-order valence-electron chi connectivity index (χ2n) is 4.70. The van der Waals surface area contributed by atoms with Crippen molar-refractivity contribution in [1.29, 1.82) is 0 Å². The molecule has 1 amide bonds. The number of aromatic amines is 1. The van der Waals surface area contributed by atoms with Gasteiger partial charge >= 0.3 is 0 Å². The summed E-state index contributed by atoms with van der Waals surface area (Å²) in [4.78, 5) is 15.2. The number of hydrogen-bond donors (Lipinski definition) is 3. The number of nitrogens with two attached hydrogens (primary N) is 1. The first-order chi connectivity index (χ1) is 9.72. The van der Waals surface area contributed by atoms with E-state index in [1.165, 1.54) is 0 Å². The van der Waals surface area contributed by atoms with Gasteiger partial charge < -0.3 is 16.0 Å². The summed E-state index contributed by atoms with van der Waals surface area (Å²) in [6, 6.07) is 15.1. The highest BCUT2D eigenvalue weighted by Gasteiger charge is 2.06. The number of rotatable bonds is 3. The van der Waals surface area contributed by atoms with Crippen molar-refractivity contribution < 1.29 is 4.79 Å². The SMILES string of the molecule is Nc1ccc(CNC(=O)c2ccc3cc[nH]c3c2)cc1. The van der Waals surface area contributed by atoms with Crippen molar-refractivity contribution in [3.63, 3.8) is 0 Å². The third-order valence-electron chi connectivity index (χ3n) is 3.25. The summed E-state index contributed by atoms with van der Waals surface area (Å²) in [5, 5.41) is 4.00. The predicted molar refractivity (Wildman–Crippen MR) is 80.3 cm³/mol. The minimum absolute atomic E-state index is 0.0849. The number of carbonyl (C=O) groups excluding carboxylic acids is 1. The molecule has 0 unspecified atom stereocenters. The van der Waals surface area contributed by atoms with Crippen LogP contribution >= 0.6 is 0 Å². The molecule has 3 rings (SSSR count). The lowest BCUT2D eigenvalue weighted by atomic mass is 10.1. The number of nitrogens with one attached hydrogen (secondary N) is 2. The van der Waals surface area contributed by atoms with Gasteiger partial charge in [-0.2, -0.15) is 0 Å². The van der Waals surface area contributed by atoms with Crippen LogP contribution in [0.4, 0.5) is 5.69 Å². The van der Waals surface area contributed by atoms with E-state index >= 15 is 0 Å². The first kappa shape index (κ1) is 12.3. The fourth-order valence-corrected chi connectivity index (χ4v) is 2.11. The van der Waals surface area contributed by atoms with Crippen LogP contribution < -0.4 is 11.1 Å². The van der Waals surface area contributed by atoms with Gasteiger partial charge in [-0.15, -0.1) is 0 Å². The van der Waals surface area contributed by atoms with E-state index in [4.69, 9.17) is 5.73 Å². The second-order valence-corrected chi connectivity index (χ2v) is 4.70. The van der Waals surface area contributed by atoms with Gasteiger partial charge in [0.2, 0.25) is 0 Å². The maximum Gasteiger partial charge on any atom is 0.251 e. The standard InChI is InChI=1S/C16H15N3O/c17-14-5-1-11(2-6-14)10-19-16(20)13-4-3-12-7-8-18-15(12)9-13/h1-9,18H,10,17H2,(H,19,20). The molecule has 1 aromatic heterocycles. The molecule has 0 atom stereocenters. The lowest BCUT2D eigenvalue weighted by molar-refractivity contribution is 0.0951. The molecule has 0 saturated carbocycles. The fourth-order valence-electron chi connectivity index (χ4n) is 2.11. The van der Waals surface area contributed by atoms with Crippen molar-refractivity contribution in [2.45, 2.75) is 6.54 Å². The lowest BCUT2D eigenvalue weighted by Crippen LogP contribution is -2.22. The van der Waals surface area contributed by atoms with Crippen LogP contribution in [0.1, 0.15) is 15.9 Å². The van der Waals surface area contributed by atoms with Crippen molar-refractivity contribution in [3.05, 3.63) is 65.9 Å². The Hall–Kier alpha value is -2.75. The highest BCUT2D eigenvalue weighted by molar-refractivity contribution is 5.97. The van der Waals surface area contributed by atoms with Crippen molar-refractivity contribution in [2.75, 3.05) is 5.73 Å². The van der Waals surface area contributed by atoms with Crippen LogP contribution in [0.15, 0.2) is 54.7 Å². The molecule has 4 N–H and O–H groups in total. The molecule has 2 aromatic carbocycles. The zero-order chi connectivity index (χ0) is 13.9. The van der Waals surface area contributed by atoms with Gasteiger partial charge in [-0.3, -0.25) is 4.79 Å². The number of benzene rings is 2. The Bertz CT molecular complexity index is 744. The van der Waals surface area contributed by atoms with Gasteiger partial charge in [0, 0.05) is 29.5 Å². The minimum atomic E-state index is -0.0849. The molecule has 0 radical (unpaired) electrons. The third-order valence-corrected chi connectivity index (χ3v) is 3.25.